The van der Waals surface area contributed by atoms with Crippen LogP contribution in [0.15, 0.2) is 48.8 Å². The Morgan fingerprint density at radius 3 is 2.81 bits per heavy atom. The monoisotopic (exact) mass is 436 g/mol. The van der Waals surface area contributed by atoms with Crippen LogP contribution in [-0.2, 0) is 0 Å². The van der Waals surface area contributed by atoms with E-state index in [4.69, 9.17) is 9.47 Å². The number of carbonyl (C=O) groups is 1. The number of piperidine rings is 1. The number of carbonyl (C=O) groups excluding carboxylic acids is 1. The number of fused-ring (bicyclic) bond motifs is 1. The Hall–Kier alpha value is -3.53. The average molecular weight is 436 g/mol. The van der Waals surface area contributed by atoms with Crippen molar-refractivity contribution in [3.05, 3.63) is 54.4 Å². The first kappa shape index (κ1) is 19.4. The molecule has 0 saturated carbocycles. The van der Waals surface area contributed by atoms with E-state index in [1.54, 1.807) is 13.2 Å². The molecule has 1 amide bonds. The van der Waals surface area contributed by atoms with Gasteiger partial charge in [0.05, 0.1) is 23.0 Å². The van der Waals surface area contributed by atoms with Crippen molar-refractivity contribution in [3.8, 4) is 16.6 Å². The van der Waals surface area contributed by atoms with Gasteiger partial charge in [0.2, 0.25) is 0 Å². The van der Waals surface area contributed by atoms with Crippen LogP contribution in [0.25, 0.3) is 15.9 Å². The zero-order valence-electron chi connectivity index (χ0n) is 16.8. The molecule has 9 nitrogen and oxygen atoms in total. The van der Waals surface area contributed by atoms with Gasteiger partial charge >= 0.3 is 0 Å². The molecule has 1 aliphatic rings. The van der Waals surface area contributed by atoms with Crippen molar-refractivity contribution >= 4 is 27.5 Å². The summed E-state index contributed by atoms with van der Waals surface area (Å²) in [6.45, 7) is 1.27. The van der Waals surface area contributed by atoms with Crippen molar-refractivity contribution in [1.29, 1.82) is 0 Å². The molecule has 2 aromatic carbocycles. The third-order valence-corrected chi connectivity index (χ3v) is 6.19. The Kier molecular flexibility index (Phi) is 5.21. The van der Waals surface area contributed by atoms with Crippen molar-refractivity contribution in [1.82, 2.24) is 30.1 Å². The maximum atomic E-state index is 13.0. The molecule has 0 N–H and O–H groups in total. The summed E-state index contributed by atoms with van der Waals surface area (Å²) in [6, 6.07) is 13.1. The number of rotatable bonds is 5. The molecule has 31 heavy (non-hydrogen) atoms. The molecular formula is C21H20N6O3S. The normalized spacial score (nSPS) is 14.7. The van der Waals surface area contributed by atoms with Crippen LogP contribution >= 0.6 is 11.3 Å². The summed E-state index contributed by atoms with van der Waals surface area (Å²) in [5.74, 6) is 0.805. The van der Waals surface area contributed by atoms with Gasteiger partial charge in [-0.1, -0.05) is 17.4 Å². The molecule has 4 aromatic rings. The third-order valence-electron chi connectivity index (χ3n) is 5.28. The Morgan fingerprint density at radius 1 is 1.16 bits per heavy atom. The number of amides is 1. The number of nitrogens with zero attached hydrogens (tertiary/aromatic N) is 6. The van der Waals surface area contributed by atoms with Gasteiger partial charge in [0.15, 0.2) is 0 Å². The second-order valence-electron chi connectivity index (χ2n) is 7.23. The minimum Gasteiger partial charge on any atom is -0.497 e. The van der Waals surface area contributed by atoms with E-state index < -0.39 is 0 Å². The van der Waals surface area contributed by atoms with Gasteiger partial charge < -0.3 is 14.4 Å². The highest BCUT2D eigenvalue weighted by Crippen LogP contribution is 2.32. The fourth-order valence-electron chi connectivity index (χ4n) is 3.62. The van der Waals surface area contributed by atoms with Crippen molar-refractivity contribution in [2.45, 2.75) is 18.9 Å². The largest absolute Gasteiger partial charge is 0.497 e. The van der Waals surface area contributed by atoms with Gasteiger partial charge in [-0.05, 0) is 46.8 Å². The van der Waals surface area contributed by atoms with Crippen LogP contribution in [-0.4, -0.2) is 62.3 Å². The molecule has 0 bridgehead atoms. The molecule has 1 fully saturated rings. The summed E-state index contributed by atoms with van der Waals surface area (Å²) in [5, 5.41) is 11.8. The van der Waals surface area contributed by atoms with E-state index in [0.29, 0.717) is 23.8 Å². The van der Waals surface area contributed by atoms with Crippen LogP contribution < -0.4 is 9.47 Å². The molecule has 0 aliphatic carbocycles. The van der Waals surface area contributed by atoms with Gasteiger partial charge in [-0.3, -0.25) is 4.79 Å². The third kappa shape index (κ3) is 4.06. The Balaban J connectivity index is 1.21. The van der Waals surface area contributed by atoms with Crippen LogP contribution in [0.1, 0.15) is 23.2 Å². The van der Waals surface area contributed by atoms with E-state index >= 15 is 0 Å². The van der Waals surface area contributed by atoms with E-state index in [1.807, 2.05) is 41.3 Å². The van der Waals surface area contributed by atoms with Crippen molar-refractivity contribution in [2.24, 2.45) is 0 Å². The summed E-state index contributed by atoms with van der Waals surface area (Å²) >= 11 is 1.51. The van der Waals surface area contributed by atoms with Crippen LogP contribution in [0.2, 0.25) is 0 Å². The van der Waals surface area contributed by atoms with E-state index in [9.17, 15) is 4.79 Å². The first-order chi connectivity index (χ1) is 15.2. The predicted octanol–water partition coefficient (Wildman–Crippen LogP) is 2.96. The molecule has 1 saturated heterocycles. The molecule has 0 atom stereocenters. The molecule has 10 heteroatoms. The molecular weight excluding hydrogens is 416 g/mol. The number of thiazole rings is 1. The number of aromatic nitrogens is 5. The predicted molar refractivity (Wildman–Crippen MR) is 115 cm³/mol. The summed E-state index contributed by atoms with van der Waals surface area (Å²) < 4.78 is 14.0. The highest BCUT2D eigenvalue weighted by Gasteiger charge is 2.25. The van der Waals surface area contributed by atoms with Crippen LogP contribution in [0.4, 0.5) is 0 Å². The van der Waals surface area contributed by atoms with E-state index in [1.165, 1.54) is 22.3 Å². The standard InChI is InChI=1S/C21H20N6O3S/c1-29-17-5-6-18-19(12-17)31-21(23-18)30-16-7-9-26(10-8-16)20(28)14-3-2-4-15(11-14)27-13-22-24-25-27/h2-6,11-13,16H,7-10H2,1H3. The minimum absolute atomic E-state index is 0.000423. The maximum absolute atomic E-state index is 13.0. The fraction of sp³-hybridized carbons (Fsp3) is 0.286. The molecule has 0 spiro atoms. The average Bonchev–Trinajstić information content (AvgIpc) is 3.48. The lowest BCUT2D eigenvalue weighted by Gasteiger charge is -2.31. The lowest BCUT2D eigenvalue weighted by Crippen LogP contribution is -2.41. The van der Waals surface area contributed by atoms with Crippen LogP contribution in [0.5, 0.6) is 10.9 Å². The first-order valence-electron chi connectivity index (χ1n) is 9.93. The molecule has 0 radical (unpaired) electrons. The number of likely N-dealkylation sites (tertiary alicyclic amines) is 1. The van der Waals surface area contributed by atoms with Gasteiger partial charge in [0.1, 0.15) is 18.2 Å². The number of hydrogen-bond donors (Lipinski definition) is 0. The van der Waals surface area contributed by atoms with Gasteiger partial charge in [-0.25, -0.2) is 9.67 Å². The SMILES string of the molecule is COc1ccc2nc(OC3CCN(C(=O)c4cccc(-n5cnnn5)c4)CC3)sc2c1. The van der Waals surface area contributed by atoms with E-state index in [-0.39, 0.29) is 12.0 Å². The maximum Gasteiger partial charge on any atom is 0.274 e. The Labute approximate surface area is 182 Å². The summed E-state index contributed by atoms with van der Waals surface area (Å²) in [7, 11) is 1.65. The number of methoxy groups -OCH3 is 1. The number of benzene rings is 2. The minimum atomic E-state index is 0.000423. The molecule has 158 valence electrons. The van der Waals surface area contributed by atoms with E-state index in [2.05, 4.69) is 20.5 Å². The number of hydrogen-bond acceptors (Lipinski definition) is 8. The lowest BCUT2D eigenvalue weighted by atomic mass is 10.1. The number of tetrazole rings is 1. The fourth-order valence-corrected chi connectivity index (χ4v) is 4.53. The Bertz CT molecular complexity index is 1200. The first-order valence-corrected chi connectivity index (χ1v) is 10.8. The molecule has 5 rings (SSSR count). The summed E-state index contributed by atoms with van der Waals surface area (Å²) in [4.78, 5) is 19.4. The smallest absolute Gasteiger partial charge is 0.274 e. The second-order valence-corrected chi connectivity index (χ2v) is 8.22. The van der Waals surface area contributed by atoms with Crippen molar-refractivity contribution < 1.29 is 14.3 Å². The zero-order chi connectivity index (χ0) is 21.2. The topological polar surface area (TPSA) is 95.3 Å². The highest BCUT2D eigenvalue weighted by atomic mass is 32.1. The van der Waals surface area contributed by atoms with Gasteiger partial charge in [0, 0.05) is 31.5 Å². The van der Waals surface area contributed by atoms with Crippen molar-refractivity contribution in [3.63, 3.8) is 0 Å². The quantitative estimate of drug-likeness (QED) is 0.475. The van der Waals surface area contributed by atoms with Crippen LogP contribution in [0.3, 0.4) is 0 Å². The van der Waals surface area contributed by atoms with E-state index in [0.717, 1.165) is 34.5 Å². The Morgan fingerprint density at radius 2 is 2.03 bits per heavy atom. The second kappa shape index (κ2) is 8.31. The summed E-state index contributed by atoms with van der Waals surface area (Å²) in [6.07, 6.45) is 3.07. The molecule has 2 aromatic heterocycles. The molecule has 1 aliphatic heterocycles. The van der Waals surface area contributed by atoms with Crippen molar-refractivity contribution in [2.75, 3.05) is 20.2 Å². The summed E-state index contributed by atoms with van der Waals surface area (Å²) in [5.41, 5.74) is 2.27. The highest BCUT2D eigenvalue weighted by molar-refractivity contribution is 7.20. The molecule has 0 unspecified atom stereocenters. The lowest BCUT2D eigenvalue weighted by molar-refractivity contribution is 0.0595. The van der Waals surface area contributed by atoms with Crippen LogP contribution in [0, 0.1) is 0 Å². The zero-order valence-corrected chi connectivity index (χ0v) is 17.7. The van der Waals surface area contributed by atoms with Gasteiger partial charge in [0.25, 0.3) is 11.1 Å². The van der Waals surface area contributed by atoms with Gasteiger partial charge in [-0.2, -0.15) is 0 Å². The van der Waals surface area contributed by atoms with Gasteiger partial charge in [-0.15, -0.1) is 5.10 Å². The number of ether oxygens (including phenoxy) is 2. The molecule has 3 heterocycles.